The Morgan fingerprint density at radius 1 is 0.889 bits per heavy atom. The predicted octanol–water partition coefficient (Wildman–Crippen LogP) is 4.43. The van der Waals surface area contributed by atoms with Crippen molar-refractivity contribution in [3.63, 3.8) is 0 Å². The Kier molecular flexibility index (Phi) is 7.53. The number of carbonyl (C=O) groups is 3. The fraction of sp³-hybridized carbons (Fsp3) is 0.250. The van der Waals surface area contributed by atoms with E-state index in [1.54, 1.807) is 41.3 Å². The minimum Gasteiger partial charge on any atom is -0.494 e. The van der Waals surface area contributed by atoms with Crippen molar-refractivity contribution in [1.29, 1.82) is 0 Å². The van der Waals surface area contributed by atoms with Crippen LogP contribution in [0.5, 0.6) is 11.5 Å². The van der Waals surface area contributed by atoms with Gasteiger partial charge in [0.15, 0.2) is 0 Å². The van der Waals surface area contributed by atoms with Crippen LogP contribution in [0.25, 0.3) is 0 Å². The average molecular weight is 488 g/mol. The summed E-state index contributed by atoms with van der Waals surface area (Å²) in [6.45, 7) is 2.09. The van der Waals surface area contributed by atoms with Gasteiger partial charge in [-0.3, -0.25) is 14.4 Å². The lowest BCUT2D eigenvalue weighted by Crippen LogP contribution is -2.40. The fourth-order valence-corrected chi connectivity index (χ4v) is 4.50. The molecule has 36 heavy (non-hydrogen) atoms. The van der Waals surface area contributed by atoms with E-state index in [0.717, 1.165) is 17.5 Å². The highest BCUT2D eigenvalue weighted by molar-refractivity contribution is 6.05. The molecule has 0 spiro atoms. The van der Waals surface area contributed by atoms with Gasteiger partial charge in [-0.05, 0) is 29.7 Å². The summed E-state index contributed by atoms with van der Waals surface area (Å²) in [6, 6.07) is 19.6. The van der Waals surface area contributed by atoms with Crippen LogP contribution >= 0.6 is 0 Å². The third kappa shape index (κ3) is 5.33. The number of hydrogen-bond donors (Lipinski definition) is 2. The summed E-state index contributed by atoms with van der Waals surface area (Å²) in [4.78, 5) is 39.8. The molecule has 0 saturated heterocycles. The standard InChI is InChI=1S/C28H29N3O5/c1-18(32)31-14-13-19-9-7-8-12-21(19)24(31)17-27(33)29-22-15-26(36-3)23(16-25(22)35-2)30-28(34)20-10-5-4-6-11-20/h4-12,15-16,24H,13-14,17H2,1-3H3,(H,29,33)(H,30,34). The first-order chi connectivity index (χ1) is 17.4. The van der Waals surface area contributed by atoms with Crippen molar-refractivity contribution >= 4 is 29.1 Å². The molecule has 1 aliphatic heterocycles. The number of fused-ring (bicyclic) bond motifs is 1. The van der Waals surface area contributed by atoms with Crippen molar-refractivity contribution in [2.75, 3.05) is 31.4 Å². The first-order valence-corrected chi connectivity index (χ1v) is 11.7. The van der Waals surface area contributed by atoms with Crippen molar-refractivity contribution in [3.05, 3.63) is 83.4 Å². The number of hydrogen-bond acceptors (Lipinski definition) is 5. The Balaban J connectivity index is 1.55. The zero-order valence-corrected chi connectivity index (χ0v) is 20.5. The molecule has 0 aliphatic carbocycles. The molecule has 3 amide bonds. The molecular weight excluding hydrogens is 458 g/mol. The highest BCUT2D eigenvalue weighted by Gasteiger charge is 2.31. The van der Waals surface area contributed by atoms with Crippen LogP contribution in [0, 0.1) is 0 Å². The highest BCUT2D eigenvalue weighted by atomic mass is 16.5. The van der Waals surface area contributed by atoms with E-state index in [-0.39, 0.29) is 30.2 Å². The Labute approximate surface area is 210 Å². The maximum absolute atomic E-state index is 13.2. The minimum atomic E-state index is -0.357. The molecule has 186 valence electrons. The molecule has 0 fully saturated rings. The Hall–Kier alpha value is -4.33. The molecule has 1 heterocycles. The van der Waals surface area contributed by atoms with Crippen LogP contribution in [-0.2, 0) is 16.0 Å². The Morgan fingerprint density at radius 2 is 1.50 bits per heavy atom. The number of benzene rings is 3. The summed E-state index contributed by atoms with van der Waals surface area (Å²) in [6.07, 6.45) is 0.851. The first-order valence-electron chi connectivity index (χ1n) is 11.7. The van der Waals surface area contributed by atoms with Crippen LogP contribution in [0.4, 0.5) is 11.4 Å². The highest BCUT2D eigenvalue weighted by Crippen LogP contribution is 2.38. The number of amides is 3. The van der Waals surface area contributed by atoms with Crippen LogP contribution in [0.3, 0.4) is 0 Å². The van der Waals surface area contributed by atoms with Gasteiger partial charge in [0.1, 0.15) is 11.5 Å². The average Bonchev–Trinajstić information content (AvgIpc) is 2.89. The van der Waals surface area contributed by atoms with Gasteiger partial charge in [-0.25, -0.2) is 0 Å². The van der Waals surface area contributed by atoms with Gasteiger partial charge >= 0.3 is 0 Å². The van der Waals surface area contributed by atoms with Crippen molar-refractivity contribution in [2.24, 2.45) is 0 Å². The smallest absolute Gasteiger partial charge is 0.255 e. The second-order valence-electron chi connectivity index (χ2n) is 8.50. The number of ether oxygens (including phenoxy) is 2. The number of methoxy groups -OCH3 is 2. The molecule has 0 bridgehead atoms. The fourth-order valence-electron chi connectivity index (χ4n) is 4.50. The minimum absolute atomic E-state index is 0.0694. The molecule has 1 atom stereocenters. The summed E-state index contributed by atoms with van der Waals surface area (Å²) in [5, 5.41) is 5.72. The molecule has 1 unspecified atom stereocenters. The summed E-state index contributed by atoms with van der Waals surface area (Å²) >= 11 is 0. The maximum atomic E-state index is 13.2. The van der Waals surface area contributed by atoms with Gasteiger partial charge in [0, 0.05) is 31.2 Å². The number of rotatable bonds is 7. The maximum Gasteiger partial charge on any atom is 0.255 e. The molecule has 2 N–H and O–H groups in total. The second-order valence-corrected chi connectivity index (χ2v) is 8.50. The molecule has 8 nitrogen and oxygen atoms in total. The van der Waals surface area contributed by atoms with Gasteiger partial charge in [0.05, 0.1) is 38.1 Å². The number of anilines is 2. The normalized spacial score (nSPS) is 14.4. The number of nitrogens with zero attached hydrogens (tertiary/aromatic N) is 1. The van der Waals surface area contributed by atoms with E-state index in [2.05, 4.69) is 10.6 Å². The lowest BCUT2D eigenvalue weighted by atomic mass is 9.90. The van der Waals surface area contributed by atoms with Crippen LogP contribution in [0.15, 0.2) is 66.7 Å². The molecule has 3 aromatic carbocycles. The van der Waals surface area contributed by atoms with Crippen LogP contribution in [0.2, 0.25) is 0 Å². The van der Waals surface area contributed by atoms with E-state index in [1.165, 1.54) is 21.1 Å². The van der Waals surface area contributed by atoms with Crippen molar-refractivity contribution in [2.45, 2.75) is 25.8 Å². The van der Waals surface area contributed by atoms with Gasteiger partial charge in [-0.15, -0.1) is 0 Å². The Morgan fingerprint density at radius 3 is 2.14 bits per heavy atom. The van der Waals surface area contributed by atoms with Crippen LogP contribution < -0.4 is 20.1 Å². The quantitative estimate of drug-likeness (QED) is 0.514. The van der Waals surface area contributed by atoms with E-state index in [1.807, 2.05) is 30.3 Å². The van der Waals surface area contributed by atoms with E-state index in [9.17, 15) is 14.4 Å². The zero-order valence-electron chi connectivity index (χ0n) is 20.5. The summed E-state index contributed by atoms with van der Waals surface area (Å²) < 4.78 is 11.0. The third-order valence-electron chi connectivity index (χ3n) is 6.28. The molecule has 4 rings (SSSR count). The van der Waals surface area contributed by atoms with Gasteiger partial charge < -0.3 is 25.0 Å². The summed E-state index contributed by atoms with van der Waals surface area (Å²) in [5.41, 5.74) is 3.43. The number of carbonyl (C=O) groups excluding carboxylic acids is 3. The SMILES string of the molecule is COc1cc(NC(=O)c2ccccc2)c(OC)cc1NC(=O)CC1c2ccccc2CCN1C(C)=O. The van der Waals surface area contributed by atoms with Gasteiger partial charge in [0.25, 0.3) is 5.91 Å². The molecule has 0 radical (unpaired) electrons. The molecule has 3 aromatic rings. The first kappa shape index (κ1) is 24.8. The molecular formula is C28H29N3O5. The van der Waals surface area contributed by atoms with Gasteiger partial charge in [-0.2, -0.15) is 0 Å². The van der Waals surface area contributed by atoms with Crippen molar-refractivity contribution in [3.8, 4) is 11.5 Å². The van der Waals surface area contributed by atoms with E-state index in [4.69, 9.17) is 9.47 Å². The summed E-state index contributed by atoms with van der Waals surface area (Å²) in [7, 11) is 2.96. The molecule has 8 heteroatoms. The van der Waals surface area contributed by atoms with Gasteiger partial charge in [0.2, 0.25) is 11.8 Å². The topological polar surface area (TPSA) is 97.0 Å². The lowest BCUT2D eigenvalue weighted by molar-refractivity contribution is -0.132. The van der Waals surface area contributed by atoms with Crippen LogP contribution in [-0.4, -0.2) is 43.4 Å². The largest absolute Gasteiger partial charge is 0.494 e. The van der Waals surface area contributed by atoms with E-state index >= 15 is 0 Å². The van der Waals surface area contributed by atoms with E-state index < -0.39 is 0 Å². The molecule has 1 aliphatic rings. The Bertz CT molecular complexity index is 1280. The van der Waals surface area contributed by atoms with Crippen molar-refractivity contribution in [1.82, 2.24) is 4.90 Å². The summed E-state index contributed by atoms with van der Waals surface area (Å²) in [5.74, 6) is 0.0844. The predicted molar refractivity (Wildman–Crippen MR) is 137 cm³/mol. The third-order valence-corrected chi connectivity index (χ3v) is 6.28. The zero-order chi connectivity index (χ0) is 25.7. The molecule has 0 aromatic heterocycles. The molecule has 0 saturated carbocycles. The van der Waals surface area contributed by atoms with Crippen molar-refractivity contribution < 1.29 is 23.9 Å². The van der Waals surface area contributed by atoms with Gasteiger partial charge in [-0.1, -0.05) is 42.5 Å². The second kappa shape index (κ2) is 10.9. The van der Waals surface area contributed by atoms with Crippen LogP contribution in [0.1, 0.15) is 40.9 Å². The number of nitrogens with one attached hydrogen (secondary N) is 2. The lowest BCUT2D eigenvalue weighted by Gasteiger charge is -2.36. The monoisotopic (exact) mass is 487 g/mol. The van der Waals surface area contributed by atoms with E-state index in [0.29, 0.717) is 35.0 Å².